The van der Waals surface area contributed by atoms with Crippen molar-refractivity contribution < 1.29 is 13.2 Å². The molecule has 0 unspecified atom stereocenters. The predicted octanol–water partition coefficient (Wildman–Crippen LogP) is 3.31. The van der Waals surface area contributed by atoms with Crippen LogP contribution in [-0.4, -0.2) is 38.3 Å². The van der Waals surface area contributed by atoms with Crippen LogP contribution in [0.3, 0.4) is 0 Å². The summed E-state index contributed by atoms with van der Waals surface area (Å²) < 4.78 is 26.9. The van der Waals surface area contributed by atoms with E-state index >= 15 is 0 Å². The predicted molar refractivity (Wildman–Crippen MR) is 103 cm³/mol. The Balaban J connectivity index is 1.96. The Kier molecular flexibility index (Phi) is 5.44. The van der Waals surface area contributed by atoms with Gasteiger partial charge in [0.2, 0.25) is 10.0 Å². The van der Waals surface area contributed by atoms with E-state index in [0.717, 1.165) is 24.1 Å². The summed E-state index contributed by atoms with van der Waals surface area (Å²) >= 11 is 0. The van der Waals surface area contributed by atoms with Crippen LogP contribution in [0, 0.1) is 0 Å². The number of aryl methyl sites for hydroxylation is 1. The lowest BCUT2D eigenvalue weighted by atomic mass is 10.0. The molecule has 3 rings (SSSR count). The van der Waals surface area contributed by atoms with Crippen LogP contribution in [0.2, 0.25) is 0 Å². The number of anilines is 1. The fraction of sp³-hybridized carbons (Fsp3) is 0.350. The van der Waals surface area contributed by atoms with Crippen molar-refractivity contribution in [3.8, 4) is 0 Å². The molecule has 2 aromatic carbocycles. The number of fused-ring (bicyclic) bond motifs is 1. The standard InChI is InChI=1S/C20H24N2O3S/c1-3-21(4-2)26(24,25)18-12-7-10-17(15-18)20(23)22-14-8-11-16-9-5-6-13-19(16)22/h5-7,9-10,12-13,15H,3-4,8,11,14H2,1-2H3. The normalized spacial score (nSPS) is 14.3. The molecular formula is C20H24N2O3S. The number of benzene rings is 2. The second kappa shape index (κ2) is 7.60. The Morgan fingerprint density at radius 1 is 1.08 bits per heavy atom. The molecule has 2 aromatic rings. The molecule has 138 valence electrons. The number of carbonyl (C=O) groups excluding carboxylic acids is 1. The lowest BCUT2D eigenvalue weighted by Gasteiger charge is -2.29. The minimum atomic E-state index is -3.59. The number of nitrogens with zero attached hydrogens (tertiary/aromatic N) is 2. The van der Waals surface area contributed by atoms with E-state index in [9.17, 15) is 13.2 Å². The van der Waals surface area contributed by atoms with Crippen LogP contribution in [0.15, 0.2) is 53.4 Å². The second-order valence-corrected chi connectivity index (χ2v) is 8.24. The summed E-state index contributed by atoms with van der Waals surface area (Å²) in [7, 11) is -3.59. The molecule has 0 saturated carbocycles. The second-order valence-electron chi connectivity index (χ2n) is 6.31. The Labute approximate surface area is 155 Å². The van der Waals surface area contributed by atoms with Gasteiger partial charge < -0.3 is 4.90 Å². The van der Waals surface area contributed by atoms with Crippen molar-refractivity contribution in [2.75, 3.05) is 24.5 Å². The molecule has 0 fully saturated rings. The number of hydrogen-bond acceptors (Lipinski definition) is 3. The Hall–Kier alpha value is -2.18. The maximum absolute atomic E-state index is 13.1. The number of rotatable bonds is 5. The van der Waals surface area contributed by atoms with Crippen molar-refractivity contribution in [3.63, 3.8) is 0 Å². The Morgan fingerprint density at radius 3 is 2.54 bits per heavy atom. The van der Waals surface area contributed by atoms with E-state index in [1.165, 1.54) is 10.4 Å². The minimum absolute atomic E-state index is 0.159. The molecule has 1 aliphatic rings. The quantitative estimate of drug-likeness (QED) is 0.809. The van der Waals surface area contributed by atoms with Gasteiger partial charge in [-0.3, -0.25) is 4.79 Å². The fourth-order valence-corrected chi connectivity index (χ4v) is 4.91. The van der Waals surface area contributed by atoms with Crippen molar-refractivity contribution in [1.82, 2.24) is 4.31 Å². The van der Waals surface area contributed by atoms with E-state index in [-0.39, 0.29) is 10.8 Å². The van der Waals surface area contributed by atoms with Crippen molar-refractivity contribution in [1.29, 1.82) is 0 Å². The highest BCUT2D eigenvalue weighted by Crippen LogP contribution is 2.28. The van der Waals surface area contributed by atoms with E-state index in [1.807, 2.05) is 24.3 Å². The molecule has 1 aliphatic heterocycles. The maximum atomic E-state index is 13.1. The van der Waals surface area contributed by atoms with Gasteiger partial charge in [-0.05, 0) is 42.7 Å². The van der Waals surface area contributed by atoms with Crippen molar-refractivity contribution in [3.05, 3.63) is 59.7 Å². The van der Waals surface area contributed by atoms with Crippen LogP contribution in [0.5, 0.6) is 0 Å². The molecule has 1 heterocycles. The minimum Gasteiger partial charge on any atom is -0.308 e. The van der Waals surface area contributed by atoms with Crippen LogP contribution in [0.25, 0.3) is 0 Å². The van der Waals surface area contributed by atoms with Gasteiger partial charge in [0.05, 0.1) is 4.90 Å². The van der Waals surface area contributed by atoms with Crippen LogP contribution < -0.4 is 4.90 Å². The number of hydrogen-bond donors (Lipinski definition) is 0. The van der Waals surface area contributed by atoms with Gasteiger partial charge in [0, 0.05) is 30.9 Å². The smallest absolute Gasteiger partial charge is 0.258 e. The van der Waals surface area contributed by atoms with Gasteiger partial charge in [-0.2, -0.15) is 4.31 Å². The molecule has 0 aromatic heterocycles. The summed E-state index contributed by atoms with van der Waals surface area (Å²) in [4.78, 5) is 15.0. The molecule has 0 N–H and O–H groups in total. The lowest BCUT2D eigenvalue weighted by Crippen LogP contribution is -2.35. The largest absolute Gasteiger partial charge is 0.308 e. The van der Waals surface area contributed by atoms with Crippen LogP contribution in [0.4, 0.5) is 5.69 Å². The van der Waals surface area contributed by atoms with Crippen molar-refractivity contribution >= 4 is 21.6 Å². The van der Waals surface area contributed by atoms with E-state index in [0.29, 0.717) is 25.2 Å². The van der Waals surface area contributed by atoms with Gasteiger partial charge in [-0.15, -0.1) is 0 Å². The molecule has 0 aliphatic carbocycles. The molecule has 26 heavy (non-hydrogen) atoms. The summed E-state index contributed by atoms with van der Waals surface area (Å²) in [5.41, 5.74) is 2.47. The molecule has 0 spiro atoms. The number of carbonyl (C=O) groups is 1. The van der Waals surface area contributed by atoms with Crippen molar-refractivity contribution in [2.45, 2.75) is 31.6 Å². The summed E-state index contributed by atoms with van der Waals surface area (Å²) in [5, 5.41) is 0. The highest BCUT2D eigenvalue weighted by atomic mass is 32.2. The maximum Gasteiger partial charge on any atom is 0.258 e. The fourth-order valence-electron chi connectivity index (χ4n) is 3.40. The summed E-state index contributed by atoms with van der Waals surface area (Å²) in [6.07, 6.45) is 1.86. The number of para-hydroxylation sites is 1. The number of sulfonamides is 1. The molecule has 0 saturated heterocycles. The van der Waals surface area contributed by atoms with Gasteiger partial charge >= 0.3 is 0 Å². The van der Waals surface area contributed by atoms with Crippen LogP contribution >= 0.6 is 0 Å². The van der Waals surface area contributed by atoms with Gasteiger partial charge in [-0.25, -0.2) is 8.42 Å². The van der Waals surface area contributed by atoms with Crippen LogP contribution in [0.1, 0.15) is 36.2 Å². The average Bonchev–Trinajstić information content (AvgIpc) is 2.68. The topological polar surface area (TPSA) is 57.7 Å². The monoisotopic (exact) mass is 372 g/mol. The third-order valence-corrected chi connectivity index (χ3v) is 6.83. The first-order chi connectivity index (χ1) is 12.5. The SMILES string of the molecule is CCN(CC)S(=O)(=O)c1cccc(C(=O)N2CCCc3ccccc32)c1. The van der Waals surface area contributed by atoms with E-state index < -0.39 is 10.0 Å². The van der Waals surface area contributed by atoms with E-state index in [2.05, 4.69) is 0 Å². The zero-order chi connectivity index (χ0) is 18.7. The van der Waals surface area contributed by atoms with Gasteiger partial charge in [-0.1, -0.05) is 38.1 Å². The highest BCUT2D eigenvalue weighted by molar-refractivity contribution is 7.89. The molecule has 1 amide bonds. The molecule has 6 heteroatoms. The van der Waals surface area contributed by atoms with Gasteiger partial charge in [0.25, 0.3) is 5.91 Å². The zero-order valence-electron chi connectivity index (χ0n) is 15.2. The molecular weight excluding hydrogens is 348 g/mol. The molecule has 0 bridgehead atoms. The third kappa shape index (κ3) is 3.39. The lowest BCUT2D eigenvalue weighted by molar-refractivity contribution is 0.0985. The van der Waals surface area contributed by atoms with Gasteiger partial charge in [0.15, 0.2) is 0 Å². The molecule has 5 nitrogen and oxygen atoms in total. The first-order valence-electron chi connectivity index (χ1n) is 8.99. The average molecular weight is 372 g/mol. The first kappa shape index (κ1) is 18.6. The number of amides is 1. The molecule has 0 atom stereocenters. The first-order valence-corrected chi connectivity index (χ1v) is 10.4. The van der Waals surface area contributed by atoms with E-state index in [1.54, 1.807) is 36.9 Å². The summed E-state index contributed by atoms with van der Waals surface area (Å²) in [6.45, 7) is 5.05. The highest BCUT2D eigenvalue weighted by Gasteiger charge is 2.26. The van der Waals surface area contributed by atoms with E-state index in [4.69, 9.17) is 0 Å². The van der Waals surface area contributed by atoms with Crippen molar-refractivity contribution in [2.24, 2.45) is 0 Å². The molecule has 0 radical (unpaired) electrons. The summed E-state index contributed by atoms with van der Waals surface area (Å²) in [6, 6.07) is 14.2. The Bertz CT molecular complexity index is 905. The third-order valence-electron chi connectivity index (χ3n) is 4.78. The van der Waals surface area contributed by atoms with Gasteiger partial charge in [0.1, 0.15) is 0 Å². The van der Waals surface area contributed by atoms with Crippen LogP contribution in [-0.2, 0) is 16.4 Å². The zero-order valence-corrected chi connectivity index (χ0v) is 16.0. The summed E-state index contributed by atoms with van der Waals surface area (Å²) in [5.74, 6) is -0.159. The Morgan fingerprint density at radius 2 is 1.81 bits per heavy atom.